The topological polar surface area (TPSA) is 17.1 Å². The van der Waals surface area contributed by atoms with Crippen LogP contribution >= 0.6 is 22.6 Å². The van der Waals surface area contributed by atoms with Crippen LogP contribution in [0.4, 0.5) is 4.39 Å². The van der Waals surface area contributed by atoms with Gasteiger partial charge in [-0.15, -0.1) is 0 Å². The first-order valence-electron chi connectivity index (χ1n) is 1.45. The van der Waals surface area contributed by atoms with Gasteiger partial charge in [-0.05, 0) is 0 Å². The molecule has 0 aliphatic carbocycles. The zero-order chi connectivity index (χ0) is 4.99. The van der Waals surface area contributed by atoms with Crippen molar-refractivity contribution < 1.29 is 9.18 Å². The normalized spacial score (nSPS) is 8.33. The standard InChI is InChI=1S/C3H4FIO/c4-1-3(6)2-5/h1-2H2. The second kappa shape index (κ2) is 3.52. The summed E-state index contributed by atoms with van der Waals surface area (Å²) in [5, 5.41) is 0. The molecule has 0 saturated carbocycles. The highest BCUT2D eigenvalue weighted by Crippen LogP contribution is 1.82. The molecule has 6 heavy (non-hydrogen) atoms. The molecule has 0 N–H and O–H groups in total. The maximum absolute atomic E-state index is 11.0. The lowest BCUT2D eigenvalue weighted by atomic mass is 10.5. The van der Waals surface area contributed by atoms with Crippen molar-refractivity contribution in [2.45, 2.75) is 0 Å². The SMILES string of the molecule is O=C(CF)CI. The molecule has 0 radical (unpaired) electrons. The van der Waals surface area contributed by atoms with Gasteiger partial charge < -0.3 is 0 Å². The van der Waals surface area contributed by atoms with Gasteiger partial charge in [-0.3, -0.25) is 4.79 Å². The van der Waals surface area contributed by atoms with Gasteiger partial charge in [0.15, 0.2) is 5.78 Å². The van der Waals surface area contributed by atoms with E-state index in [0.29, 0.717) is 0 Å². The number of carbonyl (C=O) groups excluding carboxylic acids is 1. The number of hydrogen-bond donors (Lipinski definition) is 0. The lowest BCUT2D eigenvalue weighted by Gasteiger charge is -1.77. The summed E-state index contributed by atoms with van der Waals surface area (Å²) in [5.74, 6) is -0.337. The zero-order valence-electron chi connectivity index (χ0n) is 3.08. The third-order valence-electron chi connectivity index (χ3n) is 0.298. The predicted octanol–water partition coefficient (Wildman–Crippen LogP) is 0.960. The fourth-order valence-corrected chi connectivity index (χ4v) is 0.240. The van der Waals surface area contributed by atoms with Crippen molar-refractivity contribution in [3.8, 4) is 0 Å². The van der Waals surface area contributed by atoms with E-state index in [1.807, 2.05) is 22.6 Å². The number of alkyl halides is 2. The average Bonchev–Trinajstić information content (AvgIpc) is 1.65. The summed E-state index contributed by atoms with van der Waals surface area (Å²) < 4.78 is 11.3. The molecule has 0 aromatic rings. The first-order valence-corrected chi connectivity index (χ1v) is 2.97. The third kappa shape index (κ3) is 2.56. The molecule has 0 amide bonds. The van der Waals surface area contributed by atoms with Crippen LogP contribution < -0.4 is 0 Å². The summed E-state index contributed by atoms with van der Waals surface area (Å²) in [5.41, 5.74) is 0. The van der Waals surface area contributed by atoms with Crippen molar-refractivity contribution in [3.05, 3.63) is 0 Å². The summed E-state index contributed by atoms with van der Waals surface area (Å²) in [6.07, 6.45) is 0. The van der Waals surface area contributed by atoms with Crippen molar-refractivity contribution in [2.75, 3.05) is 11.1 Å². The van der Waals surface area contributed by atoms with E-state index in [-0.39, 0.29) is 10.2 Å². The van der Waals surface area contributed by atoms with Crippen LogP contribution in [-0.2, 0) is 4.79 Å². The fourth-order valence-electron chi connectivity index (χ4n) is 0.0357. The molecular formula is C3H4FIO. The van der Waals surface area contributed by atoms with E-state index in [4.69, 9.17) is 0 Å². The number of halogens is 2. The number of ketones is 1. The zero-order valence-corrected chi connectivity index (χ0v) is 5.24. The Bertz CT molecular complexity index is 48.8. The number of Topliss-reactive ketones (excluding diaryl/α,β-unsaturated/α-hetero) is 1. The van der Waals surface area contributed by atoms with Gasteiger partial charge in [0.1, 0.15) is 6.67 Å². The summed E-state index contributed by atoms with van der Waals surface area (Å²) in [4.78, 5) is 9.80. The molecule has 0 spiro atoms. The Hall–Kier alpha value is 0.330. The van der Waals surface area contributed by atoms with Crippen LogP contribution in [0.3, 0.4) is 0 Å². The monoisotopic (exact) mass is 202 g/mol. The molecule has 1 nitrogen and oxygen atoms in total. The van der Waals surface area contributed by atoms with Crippen LogP contribution in [0.2, 0.25) is 0 Å². The summed E-state index contributed by atoms with van der Waals surface area (Å²) in [7, 11) is 0. The highest BCUT2D eigenvalue weighted by atomic mass is 127. The number of hydrogen-bond acceptors (Lipinski definition) is 1. The quantitative estimate of drug-likeness (QED) is 0.481. The van der Waals surface area contributed by atoms with Crippen molar-refractivity contribution in [1.82, 2.24) is 0 Å². The second-order valence-electron chi connectivity index (χ2n) is 0.806. The average molecular weight is 202 g/mol. The van der Waals surface area contributed by atoms with Crippen LogP contribution in [0.5, 0.6) is 0 Å². The molecule has 0 aliphatic heterocycles. The Morgan fingerprint density at radius 3 is 2.33 bits per heavy atom. The van der Waals surface area contributed by atoms with Gasteiger partial charge in [-0.25, -0.2) is 4.39 Å². The predicted molar refractivity (Wildman–Crippen MR) is 29.9 cm³/mol. The summed E-state index contributed by atoms with van der Waals surface area (Å²) >= 11 is 1.82. The van der Waals surface area contributed by atoms with Crippen molar-refractivity contribution >= 4 is 28.4 Å². The molecule has 0 atom stereocenters. The smallest absolute Gasteiger partial charge is 0.173 e. The molecule has 0 aromatic heterocycles. The molecule has 0 unspecified atom stereocenters. The highest BCUT2D eigenvalue weighted by Gasteiger charge is 1.91. The Morgan fingerprint density at radius 1 is 1.83 bits per heavy atom. The maximum Gasteiger partial charge on any atom is 0.173 e. The summed E-state index contributed by atoms with van der Waals surface area (Å²) in [6.45, 7) is -0.817. The van der Waals surface area contributed by atoms with E-state index in [1.54, 1.807) is 0 Å². The molecule has 0 heterocycles. The lowest BCUT2D eigenvalue weighted by Crippen LogP contribution is -1.98. The van der Waals surface area contributed by atoms with Crippen molar-refractivity contribution in [1.29, 1.82) is 0 Å². The summed E-state index contributed by atoms with van der Waals surface area (Å²) in [6, 6.07) is 0. The van der Waals surface area contributed by atoms with Crippen LogP contribution in [0, 0.1) is 0 Å². The number of rotatable bonds is 2. The van der Waals surface area contributed by atoms with Gasteiger partial charge in [-0.2, -0.15) is 0 Å². The maximum atomic E-state index is 11.0. The largest absolute Gasteiger partial charge is 0.296 e. The second-order valence-corrected chi connectivity index (χ2v) is 1.57. The molecule has 36 valence electrons. The van der Waals surface area contributed by atoms with E-state index in [9.17, 15) is 9.18 Å². The molecule has 3 heteroatoms. The molecule has 0 bridgehead atoms. The van der Waals surface area contributed by atoms with Crippen LogP contribution in [0.25, 0.3) is 0 Å². The van der Waals surface area contributed by atoms with Crippen LogP contribution in [0.15, 0.2) is 0 Å². The molecular weight excluding hydrogens is 198 g/mol. The van der Waals surface area contributed by atoms with E-state index in [0.717, 1.165) is 0 Å². The molecule has 0 rings (SSSR count). The molecule has 0 saturated heterocycles. The van der Waals surface area contributed by atoms with Gasteiger partial charge in [0.25, 0.3) is 0 Å². The minimum absolute atomic E-state index is 0.286. The van der Waals surface area contributed by atoms with E-state index < -0.39 is 6.67 Å². The molecule has 0 aromatic carbocycles. The van der Waals surface area contributed by atoms with Crippen LogP contribution in [0.1, 0.15) is 0 Å². The minimum atomic E-state index is -0.817. The fraction of sp³-hybridized carbons (Fsp3) is 0.667. The van der Waals surface area contributed by atoms with Gasteiger partial charge in [0, 0.05) is 0 Å². The Balaban J connectivity index is 2.99. The van der Waals surface area contributed by atoms with Gasteiger partial charge in [0.2, 0.25) is 0 Å². The van der Waals surface area contributed by atoms with E-state index in [1.165, 1.54) is 0 Å². The van der Waals surface area contributed by atoms with Gasteiger partial charge in [-0.1, -0.05) is 22.6 Å². The Morgan fingerprint density at radius 2 is 2.33 bits per heavy atom. The van der Waals surface area contributed by atoms with Crippen molar-refractivity contribution in [3.63, 3.8) is 0 Å². The van der Waals surface area contributed by atoms with E-state index >= 15 is 0 Å². The minimum Gasteiger partial charge on any atom is -0.296 e. The van der Waals surface area contributed by atoms with Crippen molar-refractivity contribution in [2.24, 2.45) is 0 Å². The third-order valence-corrected chi connectivity index (χ3v) is 1.15. The van der Waals surface area contributed by atoms with Crippen LogP contribution in [-0.4, -0.2) is 16.9 Å². The molecule has 0 fully saturated rings. The Labute approximate surface area is 49.1 Å². The first-order chi connectivity index (χ1) is 2.81. The highest BCUT2D eigenvalue weighted by molar-refractivity contribution is 14.1. The Kier molecular flexibility index (Phi) is 3.71. The lowest BCUT2D eigenvalue weighted by molar-refractivity contribution is -0.117. The first kappa shape index (κ1) is 6.33. The number of carbonyl (C=O) groups is 1. The van der Waals surface area contributed by atoms with Gasteiger partial charge >= 0.3 is 0 Å². The molecule has 0 aliphatic rings. The van der Waals surface area contributed by atoms with Gasteiger partial charge in [0.05, 0.1) is 4.43 Å². The van der Waals surface area contributed by atoms with E-state index in [2.05, 4.69) is 0 Å².